The maximum atomic E-state index is 14.5. The smallest absolute Gasteiger partial charge is 0.315 e. The number of H-pyrrole nitrogens is 1. The number of primary amides is 2. The van der Waals surface area contributed by atoms with E-state index in [1.54, 1.807) is 48.7 Å². The van der Waals surface area contributed by atoms with Crippen LogP contribution < -0.4 is 54.4 Å². The molecule has 0 bridgehead atoms. The SMILES string of the molecule is CN=C(N)NCCC[C@H](CC(=O)[C@H](CC(C)C)NC(=O)NCC(=O)[C@H](Cc1ccccc1)NC(=O)[C@@H](CC(=O)[C@H](CC(N)=O)NC(=O)[C@@H]1C[C@@H](OCc2ccccc2)CN1C(=O)[C@@H](Cc1ccc(O)cc1)NC(C)=O)[C@@H](C)O)C(=O)N[C@@H](Cc1c[nH]c2ccccc12)C(N)=O. The second-order valence-corrected chi connectivity index (χ2v) is 24.3. The standard InChI is InChI=1S/C68H89N13O14/c1-39(2)27-52(58(85)31-45(19-14-26-73-67(71)72-5)63(90)79-55(62(70)89)30-46-35-74-51-21-13-12-20-49(46)51)80-68(94)75-36-60(87)53(28-42-15-8-6-9-16-42)77-64(91)50(40(3)82)33-59(86)54(34-61(69)88)78-65(92)57-32-48(95-38-44-17-10-7-11-18-44)37-81(57)66(93)56(76-41(4)83)29-43-22-24-47(84)25-23-43/h6-13,15-18,20-25,35,39-40,45,48,50,52-57,74,82,84H,14,19,26-34,36-38H2,1-5H3,(H2,69,88)(H2,70,89)(H,76,83)(H,77,91)(H,78,92)(H,79,90)(H3,71,72,73)(H2,75,80,94)/t40-,45-,48-,50+,52+,53+,54+,55+,56-,57+/m1/s1. The fraction of sp³-hybridized carbons (Fsp3) is 0.441. The monoisotopic (exact) mass is 1310 g/mol. The van der Waals surface area contributed by atoms with Crippen LogP contribution >= 0.6 is 0 Å². The summed E-state index contributed by atoms with van der Waals surface area (Å²) in [6.07, 6.45) is -2.12. The van der Waals surface area contributed by atoms with E-state index < -0.39 is 144 Å². The molecule has 9 amide bonds. The number of phenols is 1. The third-order valence-electron chi connectivity index (χ3n) is 16.3. The lowest BCUT2D eigenvalue weighted by atomic mass is 9.90. The Morgan fingerprint density at radius 1 is 0.663 bits per heavy atom. The minimum atomic E-state index is -1.70. The average molecular weight is 1310 g/mol. The Morgan fingerprint density at radius 2 is 1.28 bits per heavy atom. The van der Waals surface area contributed by atoms with Crippen molar-refractivity contribution in [1.29, 1.82) is 0 Å². The third-order valence-corrected chi connectivity index (χ3v) is 16.3. The maximum absolute atomic E-state index is 14.5. The van der Waals surface area contributed by atoms with E-state index in [1.165, 1.54) is 37.9 Å². The van der Waals surface area contributed by atoms with Crippen LogP contribution in [0.4, 0.5) is 4.79 Å². The summed E-state index contributed by atoms with van der Waals surface area (Å²) in [7, 11) is 1.50. The second kappa shape index (κ2) is 36.4. The molecular weight excluding hydrogens is 1220 g/mol. The predicted molar refractivity (Wildman–Crippen MR) is 353 cm³/mol. The number of para-hydroxylation sites is 1. The van der Waals surface area contributed by atoms with Crippen molar-refractivity contribution in [3.05, 3.63) is 138 Å². The van der Waals surface area contributed by atoms with Gasteiger partial charge in [0, 0.05) is 82.2 Å². The van der Waals surface area contributed by atoms with Crippen molar-refractivity contribution in [1.82, 2.24) is 47.1 Å². The Hall–Kier alpha value is -10.0. The van der Waals surface area contributed by atoms with Crippen molar-refractivity contribution in [2.45, 2.75) is 147 Å². The van der Waals surface area contributed by atoms with Gasteiger partial charge in [0.2, 0.25) is 41.4 Å². The number of ketones is 3. The highest BCUT2D eigenvalue weighted by atomic mass is 16.5. The number of carbonyl (C=O) groups excluding carboxylic acids is 11. The fourth-order valence-electron chi connectivity index (χ4n) is 11.3. The van der Waals surface area contributed by atoms with Gasteiger partial charge in [0.1, 0.15) is 23.9 Å². The van der Waals surface area contributed by atoms with Crippen molar-refractivity contribution >= 4 is 81.6 Å². The van der Waals surface area contributed by atoms with Crippen LogP contribution in [0.3, 0.4) is 0 Å². The zero-order valence-electron chi connectivity index (χ0n) is 54.1. The number of aliphatic hydroxyl groups excluding tert-OH is 1. The molecule has 27 nitrogen and oxygen atoms in total. The van der Waals surface area contributed by atoms with E-state index in [0.717, 1.165) is 22.0 Å². The zero-order valence-corrected chi connectivity index (χ0v) is 54.1. The van der Waals surface area contributed by atoms with Crippen LogP contribution in [-0.4, -0.2) is 166 Å². The van der Waals surface area contributed by atoms with E-state index in [9.17, 15) is 63.0 Å². The van der Waals surface area contributed by atoms with E-state index >= 15 is 0 Å². The molecule has 1 saturated heterocycles. The van der Waals surface area contributed by atoms with E-state index in [0.29, 0.717) is 17.5 Å². The van der Waals surface area contributed by atoms with Gasteiger partial charge in [-0.2, -0.15) is 0 Å². The Morgan fingerprint density at radius 3 is 1.92 bits per heavy atom. The summed E-state index contributed by atoms with van der Waals surface area (Å²) in [6.45, 7) is 5.66. The topological polar surface area (TPSA) is 431 Å². The summed E-state index contributed by atoms with van der Waals surface area (Å²) in [5, 5.41) is 40.5. The lowest BCUT2D eigenvalue weighted by molar-refractivity contribution is -0.142. The number of guanidine groups is 1. The molecule has 510 valence electrons. The number of nitrogens with one attached hydrogen (secondary N) is 8. The number of aromatic nitrogens is 1. The van der Waals surface area contributed by atoms with Crippen LogP contribution in [0.1, 0.15) is 94.9 Å². The van der Waals surface area contributed by atoms with Crippen LogP contribution in [0.2, 0.25) is 0 Å². The molecule has 0 saturated carbocycles. The number of aliphatic imine (C=N–C) groups is 1. The van der Waals surface area contributed by atoms with Gasteiger partial charge < -0.3 is 79.3 Å². The van der Waals surface area contributed by atoms with Gasteiger partial charge in [0.05, 0.1) is 55.8 Å². The number of fused-ring (bicyclic) bond motifs is 1. The normalized spacial score (nSPS) is 16.4. The van der Waals surface area contributed by atoms with E-state index in [1.807, 2.05) is 68.4 Å². The number of phenolic OH excluding ortho intramolecular Hbond substituents is 1. The van der Waals surface area contributed by atoms with Crippen LogP contribution in [-0.2, 0) is 78.6 Å². The third kappa shape index (κ3) is 23.5. The van der Waals surface area contributed by atoms with Crippen LogP contribution in [0.5, 0.6) is 5.75 Å². The summed E-state index contributed by atoms with van der Waals surface area (Å²) in [6, 6.07) is 22.1. The number of carbonyl (C=O) groups is 11. The first-order chi connectivity index (χ1) is 45.3. The number of urea groups is 1. The number of likely N-dealkylation sites (tertiary alicyclic amines) is 1. The van der Waals surface area contributed by atoms with Gasteiger partial charge in [-0.3, -0.25) is 52.9 Å². The average Bonchev–Trinajstić information content (AvgIpc) is 1.71. The molecule has 95 heavy (non-hydrogen) atoms. The molecule has 0 spiro atoms. The summed E-state index contributed by atoms with van der Waals surface area (Å²) >= 11 is 0. The fourth-order valence-corrected chi connectivity index (χ4v) is 11.3. The number of rotatable bonds is 37. The molecule has 1 aliphatic heterocycles. The quantitative estimate of drug-likeness (QED) is 0.0152. The van der Waals surface area contributed by atoms with Gasteiger partial charge in [0.25, 0.3) is 0 Å². The van der Waals surface area contributed by atoms with Crippen molar-refractivity contribution < 1.29 is 67.7 Å². The largest absolute Gasteiger partial charge is 0.508 e. The van der Waals surface area contributed by atoms with Gasteiger partial charge >= 0.3 is 6.03 Å². The molecule has 5 aromatic rings. The number of ether oxygens (including phenoxy) is 1. The lowest BCUT2D eigenvalue weighted by Gasteiger charge is -2.30. The Balaban J connectivity index is 1.15. The molecule has 2 heterocycles. The van der Waals surface area contributed by atoms with Crippen molar-refractivity contribution in [3.63, 3.8) is 0 Å². The molecule has 0 aliphatic carbocycles. The number of hydrogen-bond acceptors (Lipinski definition) is 15. The molecule has 0 radical (unpaired) electrons. The second-order valence-electron chi connectivity index (χ2n) is 24.3. The van der Waals surface area contributed by atoms with E-state index in [-0.39, 0.29) is 82.3 Å². The van der Waals surface area contributed by atoms with Crippen molar-refractivity contribution in [3.8, 4) is 5.75 Å². The van der Waals surface area contributed by atoms with Crippen LogP contribution in [0, 0.1) is 17.8 Å². The van der Waals surface area contributed by atoms with E-state index in [2.05, 4.69) is 47.2 Å². The molecule has 1 fully saturated rings. The molecular formula is C68H89N13O14. The zero-order chi connectivity index (χ0) is 69.3. The highest BCUT2D eigenvalue weighted by molar-refractivity contribution is 6.00. The number of amides is 9. The van der Waals surface area contributed by atoms with Gasteiger partial charge in [-0.15, -0.1) is 0 Å². The van der Waals surface area contributed by atoms with Gasteiger partial charge in [-0.1, -0.05) is 105 Å². The Labute approximate surface area is 551 Å². The number of aromatic hydroxyl groups is 1. The molecule has 4 aromatic carbocycles. The Kier molecular flexibility index (Phi) is 28.4. The summed E-state index contributed by atoms with van der Waals surface area (Å²) in [5.74, 6) is -10.4. The number of nitrogens with two attached hydrogens (primary N) is 3. The summed E-state index contributed by atoms with van der Waals surface area (Å²) in [4.78, 5) is 161. The molecule has 16 N–H and O–H groups in total. The highest BCUT2D eigenvalue weighted by Crippen LogP contribution is 2.26. The molecule has 1 aliphatic rings. The molecule has 6 rings (SSSR count). The van der Waals surface area contributed by atoms with Crippen molar-refractivity contribution in [2.75, 3.05) is 26.7 Å². The minimum Gasteiger partial charge on any atom is -0.508 e. The van der Waals surface area contributed by atoms with Gasteiger partial charge in [-0.25, -0.2) is 4.79 Å². The van der Waals surface area contributed by atoms with Crippen LogP contribution in [0.25, 0.3) is 10.9 Å². The van der Waals surface area contributed by atoms with Crippen LogP contribution in [0.15, 0.2) is 120 Å². The number of aliphatic hydroxyl groups is 1. The summed E-state index contributed by atoms with van der Waals surface area (Å²) in [5.41, 5.74) is 20.8. The summed E-state index contributed by atoms with van der Waals surface area (Å²) < 4.78 is 6.19. The molecule has 27 heteroatoms. The predicted octanol–water partition coefficient (Wildman–Crippen LogP) is 1.54. The molecule has 0 unspecified atom stereocenters. The Bertz CT molecular complexity index is 3490. The molecule has 10 atom stereocenters. The number of benzene rings is 4. The lowest BCUT2D eigenvalue weighted by Crippen LogP contribution is -2.56. The maximum Gasteiger partial charge on any atom is 0.315 e. The highest BCUT2D eigenvalue weighted by Gasteiger charge is 2.44. The first-order valence-electron chi connectivity index (χ1n) is 31.6. The van der Waals surface area contributed by atoms with Gasteiger partial charge in [-0.05, 0) is 79.0 Å². The van der Waals surface area contributed by atoms with Gasteiger partial charge in [0.15, 0.2) is 23.3 Å². The number of hydrogen-bond donors (Lipinski definition) is 13. The molecule has 1 aromatic heterocycles. The first kappa shape index (κ1) is 74.0. The van der Waals surface area contributed by atoms with Crippen molar-refractivity contribution in [2.24, 2.45) is 39.9 Å². The first-order valence-corrected chi connectivity index (χ1v) is 31.6. The minimum absolute atomic E-state index is 0.0258. The van der Waals surface area contributed by atoms with E-state index in [4.69, 9.17) is 21.9 Å². The number of nitrogens with zero attached hydrogens (tertiary/aromatic N) is 2. The number of aromatic amines is 1. The number of Topliss-reactive ketones (excluding diaryl/α,β-unsaturated/α-hetero) is 3.